The topological polar surface area (TPSA) is 72.7 Å². The molecule has 6 nitrogen and oxygen atoms in total. The van der Waals surface area contributed by atoms with Crippen molar-refractivity contribution in [1.29, 1.82) is 0 Å². The third-order valence-electron chi connectivity index (χ3n) is 3.10. The quantitative estimate of drug-likeness (QED) is 0.796. The maximum absolute atomic E-state index is 13.3. The number of hydrogen-bond acceptors (Lipinski definition) is 4. The lowest BCUT2D eigenvalue weighted by Gasteiger charge is -2.06. The summed E-state index contributed by atoms with van der Waals surface area (Å²) in [5.41, 5.74) is 0.949. The van der Waals surface area contributed by atoms with Crippen molar-refractivity contribution in [2.75, 3.05) is 0 Å². The van der Waals surface area contributed by atoms with Gasteiger partial charge in [-0.05, 0) is 52.9 Å². The third-order valence-corrected chi connectivity index (χ3v) is 3.35. The Labute approximate surface area is 135 Å². The van der Waals surface area contributed by atoms with E-state index in [9.17, 15) is 9.18 Å². The minimum absolute atomic E-state index is 0.102. The largest absolute Gasteiger partial charge is 0.345 e. The molecule has 0 fully saturated rings. The van der Waals surface area contributed by atoms with Gasteiger partial charge in [-0.1, -0.05) is 17.7 Å². The molecule has 1 amide bonds. The highest BCUT2D eigenvalue weighted by atomic mass is 35.5. The molecule has 1 heterocycles. The van der Waals surface area contributed by atoms with Crippen molar-refractivity contribution in [1.82, 2.24) is 25.5 Å². The molecule has 8 heteroatoms. The molecule has 0 aliphatic heterocycles. The zero-order valence-electron chi connectivity index (χ0n) is 11.8. The van der Waals surface area contributed by atoms with E-state index in [0.29, 0.717) is 22.1 Å². The van der Waals surface area contributed by atoms with Crippen molar-refractivity contribution in [3.63, 3.8) is 0 Å². The Balaban J connectivity index is 1.73. The normalized spacial score (nSPS) is 10.5. The van der Waals surface area contributed by atoms with Crippen LogP contribution >= 0.6 is 11.6 Å². The molecule has 0 saturated carbocycles. The second kappa shape index (κ2) is 6.53. The Morgan fingerprint density at radius 1 is 1.22 bits per heavy atom. The molecule has 0 aliphatic rings. The molecule has 1 aromatic heterocycles. The van der Waals surface area contributed by atoms with Crippen LogP contribution in [0, 0.1) is 5.82 Å². The molecule has 0 atom stereocenters. The predicted molar refractivity (Wildman–Crippen MR) is 81.7 cm³/mol. The van der Waals surface area contributed by atoms with Crippen LogP contribution in [0.25, 0.3) is 5.69 Å². The van der Waals surface area contributed by atoms with Crippen LogP contribution in [-0.2, 0) is 6.54 Å². The molecule has 1 N–H and O–H groups in total. The van der Waals surface area contributed by atoms with Gasteiger partial charge in [0.25, 0.3) is 5.91 Å². The van der Waals surface area contributed by atoms with Gasteiger partial charge in [-0.25, -0.2) is 4.39 Å². The van der Waals surface area contributed by atoms with Gasteiger partial charge in [-0.3, -0.25) is 4.79 Å². The van der Waals surface area contributed by atoms with Crippen LogP contribution in [0.4, 0.5) is 4.39 Å². The number of amides is 1. The van der Waals surface area contributed by atoms with E-state index in [1.807, 2.05) is 0 Å². The van der Waals surface area contributed by atoms with E-state index in [1.54, 1.807) is 36.4 Å². The van der Waals surface area contributed by atoms with E-state index in [-0.39, 0.29) is 12.5 Å². The van der Waals surface area contributed by atoms with Gasteiger partial charge in [0, 0.05) is 10.6 Å². The van der Waals surface area contributed by atoms with Gasteiger partial charge in [0.05, 0.1) is 12.2 Å². The fraction of sp³-hybridized carbons (Fsp3) is 0.0667. The fourth-order valence-corrected chi connectivity index (χ4v) is 2.11. The summed E-state index contributed by atoms with van der Waals surface area (Å²) in [5.74, 6) is -0.289. The molecule has 3 rings (SSSR count). The zero-order valence-corrected chi connectivity index (χ0v) is 12.5. The lowest BCUT2D eigenvalue weighted by molar-refractivity contribution is 0.0949. The van der Waals surface area contributed by atoms with E-state index in [2.05, 4.69) is 20.8 Å². The van der Waals surface area contributed by atoms with Gasteiger partial charge >= 0.3 is 0 Å². The summed E-state index contributed by atoms with van der Waals surface area (Å²) in [6.45, 7) is 0.102. The van der Waals surface area contributed by atoms with E-state index >= 15 is 0 Å². The Morgan fingerprint density at radius 3 is 2.74 bits per heavy atom. The molecular formula is C15H11ClFN5O. The average Bonchev–Trinajstić information content (AvgIpc) is 3.02. The van der Waals surface area contributed by atoms with Gasteiger partial charge < -0.3 is 5.32 Å². The average molecular weight is 332 g/mol. The monoisotopic (exact) mass is 331 g/mol. The molecule has 0 spiro atoms. The SMILES string of the molecule is O=C(NCc1nnnn1-c1cccc(F)c1)c1ccc(Cl)cc1. The molecule has 0 radical (unpaired) electrons. The van der Waals surface area contributed by atoms with Crippen molar-refractivity contribution in [3.8, 4) is 5.69 Å². The molecular weight excluding hydrogens is 321 g/mol. The number of tetrazole rings is 1. The molecule has 2 aromatic carbocycles. The summed E-state index contributed by atoms with van der Waals surface area (Å²) in [6.07, 6.45) is 0. The lowest BCUT2D eigenvalue weighted by Crippen LogP contribution is -2.24. The number of carbonyl (C=O) groups is 1. The van der Waals surface area contributed by atoms with Gasteiger partial charge in [0.15, 0.2) is 5.82 Å². The summed E-state index contributed by atoms with van der Waals surface area (Å²) in [4.78, 5) is 12.1. The summed E-state index contributed by atoms with van der Waals surface area (Å²) in [7, 11) is 0. The van der Waals surface area contributed by atoms with E-state index in [0.717, 1.165) is 0 Å². The number of benzene rings is 2. The fourth-order valence-electron chi connectivity index (χ4n) is 1.99. The van der Waals surface area contributed by atoms with Crippen LogP contribution in [0.15, 0.2) is 48.5 Å². The minimum Gasteiger partial charge on any atom is -0.345 e. The van der Waals surface area contributed by atoms with Crippen LogP contribution in [-0.4, -0.2) is 26.1 Å². The third kappa shape index (κ3) is 3.51. The summed E-state index contributed by atoms with van der Waals surface area (Å²) in [5, 5.41) is 14.5. The smallest absolute Gasteiger partial charge is 0.251 e. The molecule has 23 heavy (non-hydrogen) atoms. The lowest BCUT2D eigenvalue weighted by atomic mass is 10.2. The Kier molecular flexibility index (Phi) is 4.29. The van der Waals surface area contributed by atoms with Crippen molar-refractivity contribution < 1.29 is 9.18 Å². The number of halogens is 2. The highest BCUT2D eigenvalue weighted by Gasteiger charge is 2.11. The Hall–Kier alpha value is -2.80. The predicted octanol–water partition coefficient (Wildman–Crippen LogP) is 2.38. The first-order valence-electron chi connectivity index (χ1n) is 6.70. The van der Waals surface area contributed by atoms with Crippen LogP contribution in [0.5, 0.6) is 0 Å². The molecule has 0 aliphatic carbocycles. The maximum atomic E-state index is 13.3. The van der Waals surface area contributed by atoms with E-state index in [1.165, 1.54) is 16.8 Å². The number of nitrogens with one attached hydrogen (secondary N) is 1. The van der Waals surface area contributed by atoms with Crippen LogP contribution in [0.2, 0.25) is 5.02 Å². The molecule has 116 valence electrons. The van der Waals surface area contributed by atoms with Gasteiger partial charge in [0.1, 0.15) is 5.82 Å². The summed E-state index contributed by atoms with van der Waals surface area (Å²) in [6, 6.07) is 12.4. The Morgan fingerprint density at radius 2 is 2.00 bits per heavy atom. The van der Waals surface area contributed by atoms with Crippen molar-refractivity contribution in [3.05, 3.63) is 70.8 Å². The van der Waals surface area contributed by atoms with Crippen molar-refractivity contribution >= 4 is 17.5 Å². The summed E-state index contributed by atoms with van der Waals surface area (Å²) >= 11 is 5.78. The number of aromatic nitrogens is 4. The first-order chi connectivity index (χ1) is 11.1. The van der Waals surface area contributed by atoms with Gasteiger partial charge in [0.2, 0.25) is 0 Å². The molecule has 3 aromatic rings. The maximum Gasteiger partial charge on any atom is 0.251 e. The minimum atomic E-state index is -0.394. The molecule has 0 bridgehead atoms. The van der Waals surface area contributed by atoms with Crippen LogP contribution in [0.1, 0.15) is 16.2 Å². The summed E-state index contributed by atoms with van der Waals surface area (Å²) < 4.78 is 14.7. The standard InChI is InChI=1S/C15H11ClFN5O/c16-11-6-4-10(5-7-11)15(23)18-9-14-19-20-21-22(14)13-3-1-2-12(17)8-13/h1-8H,9H2,(H,18,23). The molecule has 0 unspecified atom stereocenters. The van der Waals surface area contributed by atoms with Crippen LogP contribution in [0.3, 0.4) is 0 Å². The first-order valence-corrected chi connectivity index (χ1v) is 7.08. The van der Waals surface area contributed by atoms with Crippen LogP contribution < -0.4 is 5.32 Å². The van der Waals surface area contributed by atoms with Crippen molar-refractivity contribution in [2.45, 2.75) is 6.54 Å². The first kappa shape index (κ1) is 15.1. The number of rotatable bonds is 4. The Bertz CT molecular complexity index is 834. The second-order valence-electron chi connectivity index (χ2n) is 4.68. The van der Waals surface area contributed by atoms with Gasteiger partial charge in [-0.2, -0.15) is 4.68 Å². The zero-order chi connectivity index (χ0) is 16.2. The number of nitrogens with zero attached hydrogens (tertiary/aromatic N) is 4. The van der Waals surface area contributed by atoms with Gasteiger partial charge in [-0.15, -0.1) is 5.10 Å². The van der Waals surface area contributed by atoms with E-state index < -0.39 is 5.82 Å². The second-order valence-corrected chi connectivity index (χ2v) is 5.11. The molecule has 0 saturated heterocycles. The van der Waals surface area contributed by atoms with E-state index in [4.69, 9.17) is 11.6 Å². The number of carbonyl (C=O) groups excluding carboxylic acids is 1. The van der Waals surface area contributed by atoms with Crippen molar-refractivity contribution in [2.24, 2.45) is 0 Å². The highest BCUT2D eigenvalue weighted by molar-refractivity contribution is 6.30. The number of hydrogen-bond donors (Lipinski definition) is 1. The highest BCUT2D eigenvalue weighted by Crippen LogP contribution is 2.11.